The van der Waals surface area contributed by atoms with Crippen molar-refractivity contribution < 1.29 is 23.8 Å². The monoisotopic (exact) mass is 467 g/mol. The van der Waals surface area contributed by atoms with Crippen LogP contribution in [0.2, 0.25) is 0 Å². The molecule has 3 rings (SSSR count). The number of piperidine rings is 1. The maximum Gasteiger partial charge on any atom is 0.271 e. The molecule has 170 valence electrons. The number of rotatable bonds is 12. The zero-order valence-corrected chi connectivity index (χ0v) is 19.3. The second-order valence-corrected chi connectivity index (χ2v) is 9.07. The highest BCUT2D eigenvalue weighted by Gasteiger charge is 2.26. The molecule has 1 saturated heterocycles. The van der Waals surface area contributed by atoms with Crippen LogP contribution in [0.25, 0.3) is 0 Å². The van der Waals surface area contributed by atoms with E-state index >= 15 is 0 Å². The Balaban J connectivity index is 1.35. The Kier molecular flexibility index (Phi) is 9.88. The number of aromatic nitrogens is 1. The van der Waals surface area contributed by atoms with Crippen LogP contribution in [0.4, 0.5) is 0 Å². The van der Waals surface area contributed by atoms with Gasteiger partial charge in [0.2, 0.25) is 5.91 Å². The Morgan fingerprint density at radius 2 is 1.94 bits per heavy atom. The molecule has 0 radical (unpaired) electrons. The third-order valence-corrected chi connectivity index (χ3v) is 6.87. The summed E-state index contributed by atoms with van der Waals surface area (Å²) >= 11 is 3.14. The van der Waals surface area contributed by atoms with Crippen LogP contribution >= 0.6 is 22.7 Å². The molecule has 1 N–H and O–H groups in total. The molecule has 1 fully saturated rings. The number of thiazole rings is 1. The number of carbonyl (C=O) groups excluding carboxylic acids is 2. The number of carbonyl (C=O) groups is 2. The summed E-state index contributed by atoms with van der Waals surface area (Å²) < 4.78 is 15.6. The molecule has 10 heteroatoms. The molecule has 2 amide bonds. The molecule has 8 nitrogen and oxygen atoms in total. The van der Waals surface area contributed by atoms with Gasteiger partial charge in [0.1, 0.15) is 12.3 Å². The summed E-state index contributed by atoms with van der Waals surface area (Å²) in [5, 5.41) is 7.69. The van der Waals surface area contributed by atoms with Crippen LogP contribution in [0.1, 0.15) is 39.1 Å². The van der Waals surface area contributed by atoms with E-state index in [4.69, 9.17) is 14.2 Å². The summed E-state index contributed by atoms with van der Waals surface area (Å²) in [6.45, 7) is 3.86. The van der Waals surface area contributed by atoms with E-state index in [-0.39, 0.29) is 24.3 Å². The molecule has 2 aromatic rings. The lowest BCUT2D eigenvalue weighted by atomic mass is 9.97. The highest BCUT2D eigenvalue weighted by atomic mass is 32.1. The van der Waals surface area contributed by atoms with Crippen LogP contribution in [0.3, 0.4) is 0 Å². The molecule has 0 aliphatic carbocycles. The van der Waals surface area contributed by atoms with Gasteiger partial charge in [0.05, 0.1) is 38.0 Å². The molecule has 1 aliphatic rings. The first-order valence-electron chi connectivity index (χ1n) is 10.4. The van der Waals surface area contributed by atoms with Gasteiger partial charge < -0.3 is 24.4 Å². The molecule has 0 saturated carbocycles. The standard InChI is InChI=1S/C21H29N3O5S2/c1-27-8-9-28-10-11-29-14-19(25)24-6-4-16(5-7-24)21-23-18(15-31-21)20(26)22-13-17-3-2-12-30-17/h2-3,12,15-16H,4-11,13-14H2,1H3,(H,22,26). The third kappa shape index (κ3) is 7.65. The topological polar surface area (TPSA) is 90.0 Å². The van der Waals surface area contributed by atoms with E-state index in [1.165, 1.54) is 11.3 Å². The Bertz CT molecular complexity index is 804. The number of ether oxygens (including phenoxy) is 3. The van der Waals surface area contributed by atoms with Crippen molar-refractivity contribution in [3.8, 4) is 0 Å². The van der Waals surface area contributed by atoms with E-state index < -0.39 is 0 Å². The van der Waals surface area contributed by atoms with Crippen molar-refractivity contribution in [3.05, 3.63) is 38.5 Å². The van der Waals surface area contributed by atoms with E-state index in [0.29, 0.717) is 51.8 Å². The van der Waals surface area contributed by atoms with Crippen LogP contribution in [0.15, 0.2) is 22.9 Å². The fourth-order valence-electron chi connectivity index (χ4n) is 3.24. The molecule has 3 heterocycles. The third-order valence-electron chi connectivity index (χ3n) is 4.98. The number of hydrogen-bond acceptors (Lipinski definition) is 8. The van der Waals surface area contributed by atoms with Crippen molar-refractivity contribution in [2.45, 2.75) is 25.3 Å². The van der Waals surface area contributed by atoms with E-state index in [0.717, 1.165) is 22.7 Å². The number of amides is 2. The minimum Gasteiger partial charge on any atom is -0.382 e. The van der Waals surface area contributed by atoms with Crippen LogP contribution < -0.4 is 5.32 Å². The van der Waals surface area contributed by atoms with Crippen LogP contribution in [0, 0.1) is 0 Å². The summed E-state index contributed by atoms with van der Waals surface area (Å²) in [6.07, 6.45) is 1.69. The lowest BCUT2D eigenvalue weighted by Gasteiger charge is -2.31. The molecule has 31 heavy (non-hydrogen) atoms. The van der Waals surface area contributed by atoms with Gasteiger partial charge in [0.25, 0.3) is 5.91 Å². The van der Waals surface area contributed by atoms with Gasteiger partial charge in [-0.3, -0.25) is 9.59 Å². The molecule has 0 aromatic carbocycles. The fraction of sp³-hybridized carbons (Fsp3) is 0.571. The Morgan fingerprint density at radius 3 is 2.68 bits per heavy atom. The number of likely N-dealkylation sites (tertiary alicyclic amines) is 1. The normalized spacial score (nSPS) is 14.7. The second kappa shape index (κ2) is 12.9. The minimum atomic E-state index is -0.146. The van der Waals surface area contributed by atoms with Gasteiger partial charge in [-0.05, 0) is 24.3 Å². The highest BCUT2D eigenvalue weighted by molar-refractivity contribution is 7.10. The van der Waals surface area contributed by atoms with Gasteiger partial charge in [-0.2, -0.15) is 0 Å². The zero-order chi connectivity index (χ0) is 21.9. The fourth-order valence-corrected chi connectivity index (χ4v) is 4.86. The summed E-state index contributed by atoms with van der Waals surface area (Å²) in [5.41, 5.74) is 0.469. The SMILES string of the molecule is COCCOCCOCC(=O)N1CCC(c2nc(C(=O)NCc3cccs3)cs2)CC1. The largest absolute Gasteiger partial charge is 0.382 e. The lowest BCUT2D eigenvalue weighted by Crippen LogP contribution is -2.40. The van der Waals surface area contributed by atoms with Gasteiger partial charge >= 0.3 is 0 Å². The minimum absolute atomic E-state index is 0.00289. The summed E-state index contributed by atoms with van der Waals surface area (Å²) in [6, 6.07) is 3.96. The summed E-state index contributed by atoms with van der Waals surface area (Å²) in [4.78, 5) is 32.2. The number of methoxy groups -OCH3 is 1. The van der Waals surface area contributed by atoms with Crippen LogP contribution in [-0.2, 0) is 25.5 Å². The highest BCUT2D eigenvalue weighted by Crippen LogP contribution is 2.30. The quantitative estimate of drug-likeness (QED) is 0.483. The molecule has 0 bridgehead atoms. The van der Waals surface area contributed by atoms with Crippen LogP contribution in [-0.4, -0.2) is 74.9 Å². The molecule has 0 spiro atoms. The number of nitrogens with one attached hydrogen (secondary N) is 1. The lowest BCUT2D eigenvalue weighted by molar-refractivity contribution is -0.137. The molecule has 2 aromatic heterocycles. The van der Waals surface area contributed by atoms with Gasteiger partial charge in [-0.25, -0.2) is 4.98 Å². The first-order valence-corrected chi connectivity index (χ1v) is 12.1. The summed E-state index contributed by atoms with van der Waals surface area (Å²) in [7, 11) is 1.62. The summed E-state index contributed by atoms with van der Waals surface area (Å²) in [5.74, 6) is 0.137. The maximum absolute atomic E-state index is 12.3. The Labute approximate surface area is 190 Å². The van der Waals surface area contributed by atoms with E-state index in [9.17, 15) is 9.59 Å². The van der Waals surface area contributed by atoms with Crippen molar-refractivity contribution in [1.82, 2.24) is 15.2 Å². The molecule has 1 aliphatic heterocycles. The average molecular weight is 468 g/mol. The second-order valence-electron chi connectivity index (χ2n) is 7.15. The first kappa shape index (κ1) is 23.8. The first-order chi connectivity index (χ1) is 15.2. The smallest absolute Gasteiger partial charge is 0.271 e. The predicted octanol–water partition coefficient (Wildman–Crippen LogP) is 2.52. The van der Waals surface area contributed by atoms with Crippen molar-refractivity contribution in [3.63, 3.8) is 0 Å². The number of hydrogen-bond donors (Lipinski definition) is 1. The molecular weight excluding hydrogens is 438 g/mol. The van der Waals surface area contributed by atoms with E-state index in [1.807, 2.05) is 27.8 Å². The molecule has 0 atom stereocenters. The number of nitrogens with zero attached hydrogens (tertiary/aromatic N) is 2. The van der Waals surface area contributed by atoms with Crippen molar-refractivity contribution in [2.75, 3.05) is 53.2 Å². The van der Waals surface area contributed by atoms with Crippen molar-refractivity contribution in [2.24, 2.45) is 0 Å². The van der Waals surface area contributed by atoms with Gasteiger partial charge in [-0.1, -0.05) is 6.07 Å². The Hall–Kier alpha value is -1.85. The predicted molar refractivity (Wildman–Crippen MR) is 120 cm³/mol. The van der Waals surface area contributed by atoms with Crippen molar-refractivity contribution in [1.29, 1.82) is 0 Å². The Morgan fingerprint density at radius 1 is 1.16 bits per heavy atom. The van der Waals surface area contributed by atoms with E-state index in [1.54, 1.807) is 18.4 Å². The maximum atomic E-state index is 12.3. The number of thiophene rings is 1. The van der Waals surface area contributed by atoms with Gasteiger partial charge in [-0.15, -0.1) is 22.7 Å². The van der Waals surface area contributed by atoms with Gasteiger partial charge in [0.15, 0.2) is 0 Å². The molecular formula is C21H29N3O5S2. The van der Waals surface area contributed by atoms with E-state index in [2.05, 4.69) is 10.3 Å². The average Bonchev–Trinajstić information content (AvgIpc) is 3.49. The van der Waals surface area contributed by atoms with Gasteiger partial charge in [0, 0.05) is 36.4 Å². The zero-order valence-electron chi connectivity index (χ0n) is 17.7. The molecule has 0 unspecified atom stereocenters. The van der Waals surface area contributed by atoms with Crippen molar-refractivity contribution >= 4 is 34.5 Å². The van der Waals surface area contributed by atoms with Crippen LogP contribution in [0.5, 0.6) is 0 Å².